The van der Waals surface area contributed by atoms with Gasteiger partial charge in [0.2, 0.25) is 0 Å². The Kier molecular flexibility index (Phi) is 7.41. The normalized spacial score (nSPS) is 12.1. The molecule has 0 aliphatic heterocycles. The van der Waals surface area contributed by atoms with Gasteiger partial charge < -0.3 is 5.11 Å². The Hall–Kier alpha value is -2.42. The molecule has 3 rings (SSSR count). The zero-order chi connectivity index (χ0) is 19.7. The van der Waals surface area contributed by atoms with Gasteiger partial charge in [0.25, 0.3) is 0 Å². The molecule has 0 aliphatic rings. The molecule has 0 radical (unpaired) electrons. The second-order valence-corrected chi connectivity index (χ2v) is 7.88. The van der Waals surface area contributed by atoms with E-state index < -0.39 is 5.60 Å². The standard InChI is InChI=1S/C26H25BrO/c27-25-18-8-7-17-24(25)21-26(28,19-9-15-22-11-3-1-4-12-22)20-10-16-23-13-5-2-6-14-23/h1-18,28H,19-21H2/b15-9+,16-10+. The van der Waals surface area contributed by atoms with Gasteiger partial charge in [-0.15, -0.1) is 0 Å². The van der Waals surface area contributed by atoms with Crippen molar-refractivity contribution in [1.82, 2.24) is 0 Å². The van der Waals surface area contributed by atoms with Gasteiger partial charge in [0, 0.05) is 10.9 Å². The van der Waals surface area contributed by atoms with Crippen molar-refractivity contribution in [2.75, 3.05) is 0 Å². The van der Waals surface area contributed by atoms with E-state index >= 15 is 0 Å². The molecule has 1 N–H and O–H groups in total. The predicted molar refractivity (Wildman–Crippen MR) is 123 cm³/mol. The Morgan fingerprint density at radius 1 is 0.679 bits per heavy atom. The van der Waals surface area contributed by atoms with Crippen LogP contribution in [0.5, 0.6) is 0 Å². The topological polar surface area (TPSA) is 20.2 Å². The number of aliphatic hydroxyl groups is 1. The van der Waals surface area contributed by atoms with Crippen molar-refractivity contribution in [3.05, 3.63) is 118 Å². The molecule has 0 aliphatic carbocycles. The Morgan fingerprint density at radius 3 is 1.64 bits per heavy atom. The summed E-state index contributed by atoms with van der Waals surface area (Å²) < 4.78 is 1.03. The summed E-state index contributed by atoms with van der Waals surface area (Å²) in [7, 11) is 0. The number of rotatable bonds is 8. The molecular weight excluding hydrogens is 408 g/mol. The van der Waals surface area contributed by atoms with Gasteiger partial charge in [0.1, 0.15) is 0 Å². The lowest BCUT2D eigenvalue weighted by molar-refractivity contribution is 0.0468. The molecule has 3 aromatic carbocycles. The Labute approximate surface area is 176 Å². The molecule has 1 nitrogen and oxygen atoms in total. The lowest BCUT2D eigenvalue weighted by Gasteiger charge is -2.26. The van der Waals surface area contributed by atoms with Gasteiger partial charge >= 0.3 is 0 Å². The Morgan fingerprint density at radius 2 is 1.14 bits per heavy atom. The number of hydrogen-bond acceptors (Lipinski definition) is 1. The first-order chi connectivity index (χ1) is 13.6. The number of hydrogen-bond donors (Lipinski definition) is 1. The van der Waals surface area contributed by atoms with Crippen LogP contribution in [0.2, 0.25) is 0 Å². The van der Waals surface area contributed by atoms with E-state index in [1.165, 1.54) is 0 Å². The van der Waals surface area contributed by atoms with Crippen molar-refractivity contribution >= 4 is 28.1 Å². The zero-order valence-electron chi connectivity index (χ0n) is 15.8. The number of halogens is 1. The van der Waals surface area contributed by atoms with Gasteiger partial charge in [-0.05, 0) is 35.6 Å². The van der Waals surface area contributed by atoms with Crippen LogP contribution in [-0.2, 0) is 6.42 Å². The van der Waals surface area contributed by atoms with Crippen LogP contribution in [-0.4, -0.2) is 10.7 Å². The van der Waals surface area contributed by atoms with Crippen molar-refractivity contribution in [2.24, 2.45) is 0 Å². The van der Waals surface area contributed by atoms with Crippen LogP contribution in [0.25, 0.3) is 12.2 Å². The van der Waals surface area contributed by atoms with E-state index in [1.54, 1.807) is 0 Å². The maximum Gasteiger partial charge on any atom is 0.0757 e. The molecule has 0 unspecified atom stereocenters. The summed E-state index contributed by atoms with van der Waals surface area (Å²) in [5.74, 6) is 0. The summed E-state index contributed by atoms with van der Waals surface area (Å²) in [6, 6.07) is 28.5. The quantitative estimate of drug-likeness (QED) is 0.408. The first kappa shape index (κ1) is 20.3. The fourth-order valence-electron chi connectivity index (χ4n) is 3.18. The molecule has 0 amide bonds. The van der Waals surface area contributed by atoms with Crippen LogP contribution in [0.4, 0.5) is 0 Å². The molecule has 142 valence electrons. The van der Waals surface area contributed by atoms with Crippen LogP contribution in [0, 0.1) is 0 Å². The van der Waals surface area contributed by atoms with E-state index in [4.69, 9.17) is 0 Å². The Bertz CT molecular complexity index is 862. The van der Waals surface area contributed by atoms with Crippen LogP contribution in [0.15, 0.2) is 102 Å². The van der Waals surface area contributed by atoms with Crippen molar-refractivity contribution in [1.29, 1.82) is 0 Å². The highest BCUT2D eigenvalue weighted by Gasteiger charge is 2.25. The maximum absolute atomic E-state index is 11.4. The highest BCUT2D eigenvalue weighted by molar-refractivity contribution is 9.10. The van der Waals surface area contributed by atoms with Crippen LogP contribution < -0.4 is 0 Å². The lowest BCUT2D eigenvalue weighted by Crippen LogP contribution is -2.30. The van der Waals surface area contributed by atoms with Crippen molar-refractivity contribution in [2.45, 2.75) is 24.9 Å². The lowest BCUT2D eigenvalue weighted by atomic mass is 9.87. The highest BCUT2D eigenvalue weighted by atomic mass is 79.9. The van der Waals surface area contributed by atoms with E-state index in [0.717, 1.165) is 21.2 Å². The number of benzene rings is 3. The summed E-state index contributed by atoms with van der Waals surface area (Å²) in [5.41, 5.74) is 2.56. The molecule has 3 aromatic rings. The minimum Gasteiger partial charge on any atom is -0.389 e. The first-order valence-electron chi connectivity index (χ1n) is 9.54. The average molecular weight is 433 g/mol. The fraction of sp³-hybridized carbons (Fsp3) is 0.154. The molecule has 0 saturated carbocycles. The Balaban J connectivity index is 1.75. The predicted octanol–water partition coefficient (Wildman–Crippen LogP) is 6.93. The van der Waals surface area contributed by atoms with Gasteiger partial charge in [0.05, 0.1) is 5.60 Å². The summed E-state index contributed by atoms with van der Waals surface area (Å²) >= 11 is 3.61. The van der Waals surface area contributed by atoms with E-state index in [-0.39, 0.29) is 0 Å². The van der Waals surface area contributed by atoms with Crippen LogP contribution >= 0.6 is 15.9 Å². The summed E-state index contributed by atoms with van der Waals surface area (Å²) in [5, 5.41) is 11.4. The zero-order valence-corrected chi connectivity index (χ0v) is 17.4. The minimum absolute atomic E-state index is 0.586. The largest absolute Gasteiger partial charge is 0.389 e. The molecule has 0 heterocycles. The van der Waals surface area contributed by atoms with Gasteiger partial charge in [-0.1, -0.05) is 119 Å². The van der Waals surface area contributed by atoms with E-state index in [0.29, 0.717) is 19.3 Å². The van der Waals surface area contributed by atoms with E-state index in [9.17, 15) is 5.11 Å². The average Bonchev–Trinajstić information content (AvgIpc) is 2.71. The fourth-order valence-corrected chi connectivity index (χ4v) is 3.61. The molecule has 0 atom stereocenters. The van der Waals surface area contributed by atoms with Crippen molar-refractivity contribution < 1.29 is 5.11 Å². The summed E-state index contributed by atoms with van der Waals surface area (Å²) in [6.45, 7) is 0. The van der Waals surface area contributed by atoms with Crippen molar-refractivity contribution in [3.63, 3.8) is 0 Å². The molecule has 0 fully saturated rings. The molecular formula is C26H25BrO. The van der Waals surface area contributed by atoms with Gasteiger partial charge in [-0.3, -0.25) is 0 Å². The van der Waals surface area contributed by atoms with Gasteiger partial charge in [-0.25, -0.2) is 0 Å². The first-order valence-corrected chi connectivity index (χ1v) is 10.3. The maximum atomic E-state index is 11.4. The van der Waals surface area contributed by atoms with E-state index in [1.807, 2.05) is 54.6 Å². The molecule has 0 aromatic heterocycles. The highest BCUT2D eigenvalue weighted by Crippen LogP contribution is 2.27. The molecule has 28 heavy (non-hydrogen) atoms. The van der Waals surface area contributed by atoms with Crippen molar-refractivity contribution in [3.8, 4) is 0 Å². The SMILES string of the molecule is OC(C/C=C/c1ccccc1)(C/C=C/c1ccccc1)Cc1ccccc1Br. The minimum atomic E-state index is -0.847. The van der Waals surface area contributed by atoms with Crippen LogP contribution in [0.3, 0.4) is 0 Å². The third-order valence-electron chi connectivity index (χ3n) is 4.69. The third kappa shape index (κ3) is 6.33. The second-order valence-electron chi connectivity index (χ2n) is 7.03. The van der Waals surface area contributed by atoms with Gasteiger partial charge in [-0.2, -0.15) is 0 Å². The molecule has 0 saturated heterocycles. The molecule has 2 heteroatoms. The summed E-state index contributed by atoms with van der Waals surface area (Å²) in [4.78, 5) is 0. The molecule has 0 bridgehead atoms. The smallest absolute Gasteiger partial charge is 0.0757 e. The third-order valence-corrected chi connectivity index (χ3v) is 5.47. The van der Waals surface area contributed by atoms with Gasteiger partial charge in [0.15, 0.2) is 0 Å². The summed E-state index contributed by atoms with van der Waals surface area (Å²) in [6.07, 6.45) is 10.1. The van der Waals surface area contributed by atoms with Crippen LogP contribution in [0.1, 0.15) is 29.5 Å². The monoisotopic (exact) mass is 432 g/mol. The van der Waals surface area contributed by atoms with E-state index in [2.05, 4.69) is 70.6 Å². The molecule has 0 spiro atoms. The second kappa shape index (κ2) is 10.2.